The molecule has 0 aliphatic carbocycles. The topological polar surface area (TPSA) is 112 Å². The van der Waals surface area contributed by atoms with Crippen molar-refractivity contribution in [2.24, 2.45) is 0 Å². The van der Waals surface area contributed by atoms with Gasteiger partial charge in [-0.25, -0.2) is 0 Å². The number of carbonyl (C=O) groups excluding carboxylic acids is 1. The third-order valence-electron chi connectivity index (χ3n) is 4.33. The number of para-hydroxylation sites is 1. The molecule has 0 spiro atoms. The average molecular weight is 474 g/mol. The van der Waals surface area contributed by atoms with Gasteiger partial charge in [0, 0.05) is 24.4 Å². The fourth-order valence-corrected chi connectivity index (χ4v) is 3.72. The fraction of sp³-hybridized carbons (Fsp3) is 0.190. The van der Waals surface area contributed by atoms with Crippen molar-refractivity contribution >= 4 is 40.6 Å². The lowest BCUT2D eigenvalue weighted by Crippen LogP contribution is -2.15. The maximum Gasteiger partial charge on any atom is 0.269 e. The lowest BCUT2D eigenvalue weighted by molar-refractivity contribution is -0.384. The van der Waals surface area contributed by atoms with E-state index in [-0.39, 0.29) is 24.0 Å². The third kappa shape index (κ3) is 5.86. The van der Waals surface area contributed by atoms with Gasteiger partial charge in [-0.15, -0.1) is 16.8 Å². The second-order valence-electron chi connectivity index (χ2n) is 6.61. The van der Waals surface area contributed by atoms with Gasteiger partial charge < -0.3 is 10.1 Å². The number of nitro benzene ring substituents is 1. The van der Waals surface area contributed by atoms with E-state index in [1.165, 1.54) is 30.0 Å². The van der Waals surface area contributed by atoms with Crippen LogP contribution in [0.4, 0.5) is 11.4 Å². The first kappa shape index (κ1) is 23.3. The summed E-state index contributed by atoms with van der Waals surface area (Å²) in [4.78, 5) is 22.8. The molecule has 3 rings (SSSR count). The number of thioether (sulfide) groups is 1. The summed E-state index contributed by atoms with van der Waals surface area (Å²) < 4.78 is 7.55. The van der Waals surface area contributed by atoms with Gasteiger partial charge >= 0.3 is 0 Å². The molecule has 1 heterocycles. The Morgan fingerprint density at radius 1 is 1.34 bits per heavy atom. The summed E-state index contributed by atoms with van der Waals surface area (Å²) in [5.74, 6) is 0.916. The van der Waals surface area contributed by atoms with Gasteiger partial charge in [-0.3, -0.25) is 19.5 Å². The number of hydrogen-bond acceptors (Lipinski definition) is 7. The summed E-state index contributed by atoms with van der Waals surface area (Å²) in [7, 11) is 0. The Balaban J connectivity index is 1.63. The lowest BCUT2D eigenvalue weighted by Gasteiger charge is -2.10. The van der Waals surface area contributed by atoms with Gasteiger partial charge in [0.2, 0.25) is 5.91 Å². The predicted octanol–water partition coefficient (Wildman–Crippen LogP) is 4.64. The van der Waals surface area contributed by atoms with E-state index in [0.717, 1.165) is 0 Å². The molecule has 1 N–H and O–H groups in total. The van der Waals surface area contributed by atoms with E-state index in [1.54, 1.807) is 29.7 Å². The van der Waals surface area contributed by atoms with Crippen molar-refractivity contribution in [2.45, 2.75) is 25.2 Å². The molecule has 0 aliphatic heterocycles. The second kappa shape index (κ2) is 10.8. The molecular formula is C21H20ClN5O4S. The second-order valence-corrected chi connectivity index (χ2v) is 7.96. The predicted molar refractivity (Wildman–Crippen MR) is 123 cm³/mol. The number of anilines is 1. The zero-order valence-electron chi connectivity index (χ0n) is 17.2. The molecular weight excluding hydrogens is 454 g/mol. The smallest absolute Gasteiger partial charge is 0.269 e. The Labute approximate surface area is 193 Å². The van der Waals surface area contributed by atoms with Crippen molar-refractivity contribution in [3.05, 3.63) is 81.6 Å². The molecule has 32 heavy (non-hydrogen) atoms. The van der Waals surface area contributed by atoms with Crippen LogP contribution in [0.5, 0.6) is 5.75 Å². The van der Waals surface area contributed by atoms with Crippen molar-refractivity contribution in [3.8, 4) is 5.75 Å². The Bertz CT molecular complexity index is 1150. The summed E-state index contributed by atoms with van der Waals surface area (Å²) in [6, 6.07) is 11.4. The van der Waals surface area contributed by atoms with Gasteiger partial charge in [-0.1, -0.05) is 41.6 Å². The maximum absolute atomic E-state index is 12.4. The van der Waals surface area contributed by atoms with Crippen LogP contribution in [0.25, 0.3) is 0 Å². The molecule has 1 aromatic heterocycles. The minimum Gasteiger partial charge on any atom is -0.484 e. The first-order chi connectivity index (χ1) is 15.4. The molecule has 0 atom stereocenters. The van der Waals surface area contributed by atoms with E-state index in [2.05, 4.69) is 22.1 Å². The highest BCUT2D eigenvalue weighted by atomic mass is 35.5. The fourth-order valence-electron chi connectivity index (χ4n) is 2.77. The quantitative estimate of drug-likeness (QED) is 0.197. The van der Waals surface area contributed by atoms with Gasteiger partial charge in [0.05, 0.1) is 15.7 Å². The molecule has 0 fully saturated rings. The Kier molecular flexibility index (Phi) is 7.85. The van der Waals surface area contributed by atoms with Crippen molar-refractivity contribution < 1.29 is 14.5 Å². The van der Waals surface area contributed by atoms with Crippen LogP contribution >= 0.6 is 23.4 Å². The van der Waals surface area contributed by atoms with Crippen molar-refractivity contribution in [2.75, 3.05) is 11.1 Å². The highest BCUT2D eigenvalue weighted by molar-refractivity contribution is 7.99. The molecule has 0 bridgehead atoms. The molecule has 0 saturated carbocycles. The number of hydrogen-bond donors (Lipinski definition) is 1. The monoisotopic (exact) mass is 473 g/mol. The van der Waals surface area contributed by atoms with E-state index in [4.69, 9.17) is 16.3 Å². The van der Waals surface area contributed by atoms with Gasteiger partial charge in [0.25, 0.3) is 5.69 Å². The van der Waals surface area contributed by atoms with E-state index in [0.29, 0.717) is 39.5 Å². The first-order valence-electron chi connectivity index (χ1n) is 9.47. The minimum absolute atomic E-state index is 0.0288. The Morgan fingerprint density at radius 2 is 2.12 bits per heavy atom. The highest BCUT2D eigenvalue weighted by Gasteiger charge is 2.16. The van der Waals surface area contributed by atoms with Gasteiger partial charge in [0.1, 0.15) is 12.4 Å². The SMILES string of the molecule is C=CCn1c(COc2ccccc2Cl)nnc1SCC(=O)Nc1ccc([N+](=O)[O-])cc1C. The number of rotatable bonds is 10. The number of carbonyl (C=O) groups is 1. The highest BCUT2D eigenvalue weighted by Crippen LogP contribution is 2.25. The first-order valence-corrected chi connectivity index (χ1v) is 10.8. The molecule has 3 aromatic rings. The maximum atomic E-state index is 12.4. The van der Waals surface area contributed by atoms with E-state index in [9.17, 15) is 14.9 Å². The number of nitrogens with one attached hydrogen (secondary N) is 1. The summed E-state index contributed by atoms with van der Waals surface area (Å²) in [6.07, 6.45) is 1.70. The molecule has 0 unspecified atom stereocenters. The summed E-state index contributed by atoms with van der Waals surface area (Å²) in [5, 5.41) is 23.0. The molecule has 9 nitrogen and oxygen atoms in total. The molecule has 0 radical (unpaired) electrons. The summed E-state index contributed by atoms with van der Waals surface area (Å²) >= 11 is 7.33. The van der Waals surface area contributed by atoms with Crippen LogP contribution in [0.2, 0.25) is 5.02 Å². The van der Waals surface area contributed by atoms with Crippen LogP contribution in [0.15, 0.2) is 60.3 Å². The van der Waals surface area contributed by atoms with Crippen LogP contribution in [0, 0.1) is 17.0 Å². The minimum atomic E-state index is -0.478. The largest absolute Gasteiger partial charge is 0.484 e. The van der Waals surface area contributed by atoms with Crippen LogP contribution in [0.3, 0.4) is 0 Å². The van der Waals surface area contributed by atoms with Gasteiger partial charge in [-0.2, -0.15) is 0 Å². The van der Waals surface area contributed by atoms with Crippen molar-refractivity contribution in [1.82, 2.24) is 14.8 Å². The number of aromatic nitrogens is 3. The van der Waals surface area contributed by atoms with Crippen LogP contribution in [-0.2, 0) is 17.9 Å². The molecule has 11 heteroatoms. The van der Waals surface area contributed by atoms with Crippen LogP contribution < -0.4 is 10.1 Å². The zero-order chi connectivity index (χ0) is 23.1. The number of allylic oxidation sites excluding steroid dienone is 1. The number of non-ortho nitro benzene ring substituents is 1. The Morgan fingerprint density at radius 3 is 2.81 bits per heavy atom. The number of aryl methyl sites for hydroxylation is 1. The zero-order valence-corrected chi connectivity index (χ0v) is 18.7. The number of ether oxygens (including phenoxy) is 1. The summed E-state index contributed by atoms with van der Waals surface area (Å²) in [6.45, 7) is 6.05. The van der Waals surface area contributed by atoms with Crippen LogP contribution in [0.1, 0.15) is 11.4 Å². The van der Waals surface area contributed by atoms with Crippen molar-refractivity contribution in [3.63, 3.8) is 0 Å². The van der Waals surface area contributed by atoms with E-state index < -0.39 is 4.92 Å². The van der Waals surface area contributed by atoms with Crippen molar-refractivity contribution in [1.29, 1.82) is 0 Å². The molecule has 0 aliphatic rings. The third-order valence-corrected chi connectivity index (χ3v) is 5.60. The molecule has 0 saturated heterocycles. The number of nitro groups is 1. The Hall–Kier alpha value is -3.37. The lowest BCUT2D eigenvalue weighted by atomic mass is 10.2. The number of halogens is 1. The van der Waals surface area contributed by atoms with Gasteiger partial charge in [-0.05, 0) is 30.7 Å². The normalized spacial score (nSPS) is 10.6. The standard InChI is InChI=1S/C21H20ClN5O4S/c1-3-10-26-19(12-31-18-7-5-4-6-16(18)22)24-25-21(26)32-13-20(28)23-17-9-8-15(27(29)30)11-14(17)2/h3-9,11H,1,10,12-13H2,2H3,(H,23,28). The van der Waals surface area contributed by atoms with Gasteiger partial charge in [0.15, 0.2) is 11.0 Å². The van der Waals surface area contributed by atoms with E-state index in [1.807, 2.05) is 12.1 Å². The number of amides is 1. The molecule has 1 amide bonds. The van der Waals surface area contributed by atoms with E-state index >= 15 is 0 Å². The molecule has 2 aromatic carbocycles. The molecule has 166 valence electrons. The number of benzene rings is 2. The summed E-state index contributed by atoms with van der Waals surface area (Å²) in [5.41, 5.74) is 1.09. The number of nitrogens with zero attached hydrogens (tertiary/aromatic N) is 4. The van der Waals surface area contributed by atoms with Crippen LogP contribution in [-0.4, -0.2) is 31.3 Å². The average Bonchev–Trinajstić information content (AvgIpc) is 3.15.